The molecule has 7 heteroatoms. The molecule has 1 aromatic heterocycles. The SMILES string of the molecule is Cc1c(NC(=O)OCC2c3ccccc3-c3ccccc32)cnn1C(C)C(=O)O. The number of benzene rings is 2. The fraction of sp³-hybridized carbons (Fsp3) is 0.227. The van der Waals surface area contributed by atoms with Crippen molar-refractivity contribution >= 4 is 17.7 Å². The molecule has 1 aliphatic rings. The fourth-order valence-corrected chi connectivity index (χ4v) is 3.79. The molecule has 2 aromatic carbocycles. The smallest absolute Gasteiger partial charge is 0.411 e. The molecule has 0 saturated heterocycles. The van der Waals surface area contributed by atoms with E-state index in [-0.39, 0.29) is 12.5 Å². The number of ether oxygens (including phenoxy) is 1. The normalized spacial score (nSPS) is 13.4. The van der Waals surface area contributed by atoms with Crippen molar-refractivity contribution < 1.29 is 19.4 Å². The fourth-order valence-electron chi connectivity index (χ4n) is 3.79. The summed E-state index contributed by atoms with van der Waals surface area (Å²) in [6.07, 6.45) is 0.827. The maximum absolute atomic E-state index is 12.4. The molecular formula is C22H21N3O4. The van der Waals surface area contributed by atoms with Crippen molar-refractivity contribution in [3.8, 4) is 11.1 Å². The van der Waals surface area contributed by atoms with Gasteiger partial charge < -0.3 is 9.84 Å². The van der Waals surface area contributed by atoms with Crippen LogP contribution in [0.1, 0.15) is 35.7 Å². The molecule has 0 spiro atoms. The minimum atomic E-state index is -0.996. The van der Waals surface area contributed by atoms with Gasteiger partial charge in [0.15, 0.2) is 0 Å². The van der Waals surface area contributed by atoms with Crippen LogP contribution in [0.2, 0.25) is 0 Å². The molecule has 1 heterocycles. The summed E-state index contributed by atoms with van der Waals surface area (Å²) in [6.45, 7) is 3.43. The van der Waals surface area contributed by atoms with Crippen molar-refractivity contribution in [2.45, 2.75) is 25.8 Å². The number of nitrogens with zero attached hydrogens (tertiary/aromatic N) is 2. The van der Waals surface area contributed by atoms with Crippen LogP contribution in [0.15, 0.2) is 54.7 Å². The van der Waals surface area contributed by atoms with E-state index in [1.807, 2.05) is 24.3 Å². The van der Waals surface area contributed by atoms with Crippen molar-refractivity contribution in [1.82, 2.24) is 9.78 Å². The molecule has 1 amide bonds. The summed E-state index contributed by atoms with van der Waals surface area (Å²) < 4.78 is 6.86. The first-order valence-corrected chi connectivity index (χ1v) is 9.36. The van der Waals surface area contributed by atoms with Gasteiger partial charge in [0, 0.05) is 5.92 Å². The maximum Gasteiger partial charge on any atom is 0.411 e. The molecule has 2 N–H and O–H groups in total. The van der Waals surface area contributed by atoms with E-state index >= 15 is 0 Å². The lowest BCUT2D eigenvalue weighted by atomic mass is 9.98. The van der Waals surface area contributed by atoms with Crippen molar-refractivity contribution in [3.05, 3.63) is 71.5 Å². The number of rotatable bonds is 5. The zero-order valence-electron chi connectivity index (χ0n) is 16.1. The highest BCUT2D eigenvalue weighted by atomic mass is 16.5. The number of carbonyl (C=O) groups excluding carboxylic acids is 1. The van der Waals surface area contributed by atoms with Gasteiger partial charge in [-0.1, -0.05) is 48.5 Å². The Bertz CT molecular complexity index is 1040. The molecule has 1 atom stereocenters. The summed E-state index contributed by atoms with van der Waals surface area (Å²) in [7, 11) is 0. The summed E-state index contributed by atoms with van der Waals surface area (Å²) >= 11 is 0. The predicted octanol–water partition coefficient (Wildman–Crippen LogP) is 4.20. The van der Waals surface area contributed by atoms with Gasteiger partial charge in [0.1, 0.15) is 12.6 Å². The van der Waals surface area contributed by atoms with Crippen LogP contribution >= 0.6 is 0 Å². The Kier molecular flexibility index (Phi) is 4.80. The van der Waals surface area contributed by atoms with Crippen LogP contribution in [0.4, 0.5) is 10.5 Å². The minimum absolute atomic E-state index is 0.0241. The third-order valence-electron chi connectivity index (χ3n) is 5.35. The number of carbonyl (C=O) groups is 2. The van der Waals surface area contributed by atoms with Crippen molar-refractivity contribution in [2.75, 3.05) is 11.9 Å². The van der Waals surface area contributed by atoms with Gasteiger partial charge in [-0.15, -0.1) is 0 Å². The molecule has 1 unspecified atom stereocenters. The Morgan fingerprint density at radius 2 is 1.72 bits per heavy atom. The largest absolute Gasteiger partial charge is 0.480 e. The Morgan fingerprint density at radius 3 is 2.31 bits per heavy atom. The summed E-state index contributed by atoms with van der Waals surface area (Å²) in [6, 6.07) is 15.4. The highest BCUT2D eigenvalue weighted by Gasteiger charge is 2.29. The molecule has 29 heavy (non-hydrogen) atoms. The molecule has 0 radical (unpaired) electrons. The van der Waals surface area contributed by atoms with Crippen LogP contribution in [0.3, 0.4) is 0 Å². The predicted molar refractivity (Wildman–Crippen MR) is 108 cm³/mol. The van der Waals surface area contributed by atoms with E-state index in [0.29, 0.717) is 11.4 Å². The Hall–Kier alpha value is -3.61. The van der Waals surface area contributed by atoms with Crippen molar-refractivity contribution in [2.24, 2.45) is 0 Å². The van der Waals surface area contributed by atoms with Crippen molar-refractivity contribution in [1.29, 1.82) is 0 Å². The van der Waals surface area contributed by atoms with Gasteiger partial charge in [0.25, 0.3) is 0 Å². The number of amides is 1. The van der Waals surface area contributed by atoms with E-state index in [4.69, 9.17) is 9.84 Å². The van der Waals surface area contributed by atoms with Gasteiger partial charge in [-0.3, -0.25) is 10.00 Å². The number of aliphatic carboxylic acids is 1. The summed E-state index contributed by atoms with van der Waals surface area (Å²) in [5.74, 6) is -1.02. The van der Waals surface area contributed by atoms with Gasteiger partial charge in [0.2, 0.25) is 0 Å². The molecule has 0 fully saturated rings. The van der Waals surface area contributed by atoms with Crippen molar-refractivity contribution in [3.63, 3.8) is 0 Å². The second-order valence-electron chi connectivity index (χ2n) is 7.05. The second kappa shape index (κ2) is 7.43. The zero-order valence-corrected chi connectivity index (χ0v) is 16.1. The highest BCUT2D eigenvalue weighted by molar-refractivity contribution is 5.85. The zero-order chi connectivity index (χ0) is 20.5. The number of hydrogen-bond acceptors (Lipinski definition) is 4. The molecule has 0 bridgehead atoms. The molecule has 4 rings (SSSR count). The average Bonchev–Trinajstić information content (AvgIpc) is 3.24. The number of carboxylic acid groups (broad SMARTS) is 1. The summed E-state index contributed by atoms with van der Waals surface area (Å²) in [4.78, 5) is 23.5. The first kappa shape index (κ1) is 18.7. The lowest BCUT2D eigenvalue weighted by Gasteiger charge is -2.14. The van der Waals surface area contributed by atoms with Gasteiger partial charge in [-0.05, 0) is 36.1 Å². The standard InChI is InChI=1S/C22H21N3O4/c1-13-20(11-23-25(13)14(2)21(26)27)24-22(28)29-12-19-17-9-5-3-7-15(17)16-8-4-6-10-18(16)19/h3-11,14,19H,12H2,1-2H3,(H,24,28)(H,26,27). The number of hydrogen-bond donors (Lipinski definition) is 2. The van der Waals surface area contributed by atoms with E-state index in [1.165, 1.54) is 17.8 Å². The van der Waals surface area contributed by atoms with E-state index in [0.717, 1.165) is 22.3 Å². The van der Waals surface area contributed by atoms with E-state index < -0.39 is 18.1 Å². The number of carboxylic acids is 1. The summed E-state index contributed by atoms with van der Waals surface area (Å²) in [5, 5.41) is 15.9. The lowest BCUT2D eigenvalue weighted by molar-refractivity contribution is -0.140. The summed E-state index contributed by atoms with van der Waals surface area (Å²) in [5.41, 5.74) is 5.58. The van der Waals surface area contributed by atoms with Gasteiger partial charge in [-0.2, -0.15) is 5.10 Å². The number of nitrogens with one attached hydrogen (secondary N) is 1. The van der Waals surface area contributed by atoms with E-state index in [2.05, 4.69) is 34.7 Å². The lowest BCUT2D eigenvalue weighted by Crippen LogP contribution is -2.20. The van der Waals surface area contributed by atoms with Crippen LogP contribution in [-0.2, 0) is 9.53 Å². The third-order valence-corrected chi connectivity index (χ3v) is 5.35. The van der Waals surface area contributed by atoms with Crippen LogP contribution in [0.5, 0.6) is 0 Å². The maximum atomic E-state index is 12.4. The molecule has 148 valence electrons. The average molecular weight is 391 g/mol. The minimum Gasteiger partial charge on any atom is -0.480 e. The molecule has 7 nitrogen and oxygen atoms in total. The van der Waals surface area contributed by atoms with Gasteiger partial charge >= 0.3 is 12.1 Å². The second-order valence-corrected chi connectivity index (χ2v) is 7.05. The molecule has 0 aliphatic heterocycles. The topological polar surface area (TPSA) is 93.5 Å². The number of anilines is 1. The number of aromatic nitrogens is 2. The Balaban J connectivity index is 1.47. The quantitative estimate of drug-likeness (QED) is 0.680. The Morgan fingerprint density at radius 1 is 1.14 bits per heavy atom. The first-order valence-electron chi connectivity index (χ1n) is 9.36. The molecular weight excluding hydrogens is 370 g/mol. The monoisotopic (exact) mass is 391 g/mol. The molecule has 1 aliphatic carbocycles. The highest BCUT2D eigenvalue weighted by Crippen LogP contribution is 2.44. The van der Waals surface area contributed by atoms with Gasteiger partial charge in [0.05, 0.1) is 17.6 Å². The van der Waals surface area contributed by atoms with E-state index in [1.54, 1.807) is 6.92 Å². The molecule has 0 saturated carbocycles. The van der Waals surface area contributed by atoms with Crippen LogP contribution in [0.25, 0.3) is 11.1 Å². The van der Waals surface area contributed by atoms with Crippen LogP contribution in [0, 0.1) is 6.92 Å². The number of fused-ring (bicyclic) bond motifs is 3. The van der Waals surface area contributed by atoms with E-state index in [9.17, 15) is 9.59 Å². The first-order chi connectivity index (χ1) is 14.0. The van der Waals surface area contributed by atoms with Crippen LogP contribution < -0.4 is 5.32 Å². The van der Waals surface area contributed by atoms with Crippen LogP contribution in [-0.4, -0.2) is 33.6 Å². The van der Waals surface area contributed by atoms with Gasteiger partial charge in [-0.25, -0.2) is 9.59 Å². The molecule has 3 aromatic rings. The third kappa shape index (κ3) is 3.35. The Labute approximate surface area is 167 Å².